The number of unbranched alkanes of at least 4 members (excludes halogenated alkanes) is 1. The molecule has 0 aliphatic rings. The average molecular weight is 298 g/mol. The number of hydrogen-bond acceptors (Lipinski definition) is 4. The maximum atomic E-state index is 11.9. The quantitative estimate of drug-likeness (QED) is 0.798. The van der Waals surface area contributed by atoms with E-state index in [0.717, 1.165) is 19.4 Å². The second-order valence-electron chi connectivity index (χ2n) is 5.22. The number of nitrogens with zero attached hydrogens (tertiary/aromatic N) is 3. The van der Waals surface area contributed by atoms with Crippen molar-refractivity contribution in [3.63, 3.8) is 0 Å². The molecule has 22 heavy (non-hydrogen) atoms. The van der Waals surface area contributed by atoms with Crippen molar-refractivity contribution in [2.75, 3.05) is 18.5 Å². The molecule has 1 amide bonds. The number of hydrogen-bond donors (Lipinski definition) is 1. The van der Waals surface area contributed by atoms with Gasteiger partial charge in [-0.15, -0.1) is 0 Å². The third-order valence-electron chi connectivity index (χ3n) is 3.32. The van der Waals surface area contributed by atoms with Crippen LogP contribution in [0.15, 0.2) is 42.7 Å². The summed E-state index contributed by atoms with van der Waals surface area (Å²) in [5.41, 5.74) is 1.68. The summed E-state index contributed by atoms with van der Waals surface area (Å²) in [7, 11) is 1.93. The number of carbonyl (C=O) groups is 1. The van der Waals surface area contributed by atoms with Crippen molar-refractivity contribution >= 4 is 11.9 Å². The van der Waals surface area contributed by atoms with E-state index in [4.69, 9.17) is 0 Å². The molecule has 2 rings (SSSR count). The minimum atomic E-state index is -0.120. The second kappa shape index (κ2) is 8.12. The number of carbonyl (C=O) groups excluding carboxylic acids is 1. The molecule has 1 aromatic heterocycles. The molecular formula is C17H22N4O. The van der Waals surface area contributed by atoms with Crippen molar-refractivity contribution in [1.29, 1.82) is 0 Å². The Hall–Kier alpha value is -2.43. The highest BCUT2D eigenvalue weighted by Gasteiger charge is 2.09. The minimum absolute atomic E-state index is 0.120. The Morgan fingerprint density at radius 3 is 2.50 bits per heavy atom. The van der Waals surface area contributed by atoms with Crippen LogP contribution in [0.1, 0.15) is 35.7 Å². The normalized spacial score (nSPS) is 10.3. The summed E-state index contributed by atoms with van der Waals surface area (Å²) in [6.07, 6.45) is 5.18. The molecule has 0 aliphatic heterocycles. The van der Waals surface area contributed by atoms with Gasteiger partial charge in [0.2, 0.25) is 5.95 Å². The first-order valence-electron chi connectivity index (χ1n) is 7.56. The molecule has 1 aromatic carbocycles. The largest absolute Gasteiger partial charge is 0.352 e. The molecule has 5 heteroatoms. The fourth-order valence-corrected chi connectivity index (χ4v) is 2.04. The Morgan fingerprint density at radius 2 is 1.86 bits per heavy atom. The summed E-state index contributed by atoms with van der Waals surface area (Å²) < 4.78 is 0. The van der Waals surface area contributed by atoms with E-state index in [9.17, 15) is 4.79 Å². The number of anilines is 1. The highest BCUT2D eigenvalue weighted by atomic mass is 16.1. The highest BCUT2D eigenvalue weighted by molar-refractivity contribution is 5.93. The molecule has 0 atom stereocenters. The molecule has 1 N–H and O–H groups in total. The van der Waals surface area contributed by atoms with E-state index >= 15 is 0 Å². The fraction of sp³-hybridized carbons (Fsp3) is 0.353. The van der Waals surface area contributed by atoms with Gasteiger partial charge in [0.05, 0.1) is 5.56 Å². The van der Waals surface area contributed by atoms with Crippen LogP contribution in [0.3, 0.4) is 0 Å². The summed E-state index contributed by atoms with van der Waals surface area (Å²) in [4.78, 5) is 22.4. The van der Waals surface area contributed by atoms with Gasteiger partial charge in [-0.3, -0.25) is 4.79 Å². The Morgan fingerprint density at radius 1 is 1.18 bits per heavy atom. The van der Waals surface area contributed by atoms with E-state index < -0.39 is 0 Å². The molecular weight excluding hydrogens is 276 g/mol. The number of nitrogens with one attached hydrogen (secondary N) is 1. The van der Waals surface area contributed by atoms with Gasteiger partial charge in [-0.2, -0.15) is 0 Å². The van der Waals surface area contributed by atoms with E-state index in [0.29, 0.717) is 18.1 Å². The van der Waals surface area contributed by atoms with Gasteiger partial charge in [-0.25, -0.2) is 9.97 Å². The predicted molar refractivity (Wildman–Crippen MR) is 87.8 cm³/mol. The summed E-state index contributed by atoms with van der Waals surface area (Å²) in [6, 6.07) is 10.1. The molecule has 5 nitrogen and oxygen atoms in total. The van der Waals surface area contributed by atoms with Gasteiger partial charge >= 0.3 is 0 Å². The number of benzene rings is 1. The Bertz CT molecular complexity index is 583. The smallest absolute Gasteiger partial charge is 0.254 e. The van der Waals surface area contributed by atoms with Gasteiger partial charge in [-0.1, -0.05) is 43.7 Å². The lowest BCUT2D eigenvalue weighted by atomic mass is 10.2. The Labute approximate surface area is 131 Å². The molecule has 0 radical (unpaired) electrons. The molecule has 0 spiro atoms. The van der Waals surface area contributed by atoms with Crippen LogP contribution >= 0.6 is 0 Å². The monoisotopic (exact) mass is 298 g/mol. The van der Waals surface area contributed by atoms with Gasteiger partial charge < -0.3 is 10.2 Å². The van der Waals surface area contributed by atoms with Gasteiger partial charge in [0.25, 0.3) is 5.91 Å². The zero-order chi connectivity index (χ0) is 15.8. The van der Waals surface area contributed by atoms with E-state index in [1.807, 2.05) is 30.1 Å². The van der Waals surface area contributed by atoms with Crippen LogP contribution < -0.4 is 10.2 Å². The van der Waals surface area contributed by atoms with Crippen molar-refractivity contribution in [3.8, 4) is 0 Å². The molecule has 0 saturated carbocycles. The third kappa shape index (κ3) is 4.55. The minimum Gasteiger partial charge on any atom is -0.352 e. The third-order valence-corrected chi connectivity index (χ3v) is 3.32. The van der Waals surface area contributed by atoms with Crippen LogP contribution in [0.5, 0.6) is 0 Å². The Balaban J connectivity index is 1.94. The van der Waals surface area contributed by atoms with Crippen LogP contribution in [0.4, 0.5) is 5.95 Å². The SMILES string of the molecule is CCCCNC(=O)c1cnc(N(C)Cc2ccccc2)nc1. The molecule has 116 valence electrons. The van der Waals surface area contributed by atoms with Crippen LogP contribution in [0, 0.1) is 0 Å². The zero-order valence-electron chi connectivity index (χ0n) is 13.1. The molecule has 0 unspecified atom stereocenters. The molecule has 0 aliphatic carbocycles. The van der Waals surface area contributed by atoms with Crippen molar-refractivity contribution in [3.05, 3.63) is 53.9 Å². The maximum absolute atomic E-state index is 11.9. The van der Waals surface area contributed by atoms with Crippen molar-refractivity contribution in [2.24, 2.45) is 0 Å². The topological polar surface area (TPSA) is 58.1 Å². The standard InChI is InChI=1S/C17H22N4O/c1-3-4-10-18-16(22)15-11-19-17(20-12-15)21(2)13-14-8-6-5-7-9-14/h5-9,11-12H,3-4,10,13H2,1-2H3,(H,18,22). The van der Waals surface area contributed by atoms with Gasteiger partial charge in [0.15, 0.2) is 0 Å². The molecule has 0 bridgehead atoms. The van der Waals surface area contributed by atoms with Crippen LogP contribution in [-0.4, -0.2) is 29.5 Å². The van der Waals surface area contributed by atoms with E-state index in [1.54, 1.807) is 12.4 Å². The van der Waals surface area contributed by atoms with Crippen molar-refractivity contribution in [1.82, 2.24) is 15.3 Å². The summed E-state index contributed by atoms with van der Waals surface area (Å²) in [5.74, 6) is 0.486. The van der Waals surface area contributed by atoms with E-state index in [-0.39, 0.29) is 5.91 Å². The van der Waals surface area contributed by atoms with Crippen LogP contribution in [-0.2, 0) is 6.54 Å². The first-order valence-corrected chi connectivity index (χ1v) is 7.56. The molecule has 0 saturated heterocycles. The summed E-state index contributed by atoms with van der Waals surface area (Å²) in [5, 5.41) is 2.86. The number of aromatic nitrogens is 2. The lowest BCUT2D eigenvalue weighted by Gasteiger charge is -2.17. The first kappa shape index (κ1) is 15.9. The van der Waals surface area contributed by atoms with Crippen LogP contribution in [0.25, 0.3) is 0 Å². The van der Waals surface area contributed by atoms with E-state index in [2.05, 4.69) is 34.3 Å². The fourth-order valence-electron chi connectivity index (χ4n) is 2.04. The first-order chi connectivity index (χ1) is 10.7. The highest BCUT2D eigenvalue weighted by Crippen LogP contribution is 2.10. The van der Waals surface area contributed by atoms with Gasteiger partial charge in [0.1, 0.15) is 0 Å². The van der Waals surface area contributed by atoms with Crippen molar-refractivity contribution in [2.45, 2.75) is 26.3 Å². The maximum Gasteiger partial charge on any atom is 0.254 e. The lowest BCUT2D eigenvalue weighted by molar-refractivity contribution is 0.0952. The molecule has 1 heterocycles. The van der Waals surface area contributed by atoms with Crippen LogP contribution in [0.2, 0.25) is 0 Å². The zero-order valence-corrected chi connectivity index (χ0v) is 13.1. The molecule has 2 aromatic rings. The number of amides is 1. The van der Waals surface area contributed by atoms with E-state index in [1.165, 1.54) is 5.56 Å². The van der Waals surface area contributed by atoms with Crippen molar-refractivity contribution < 1.29 is 4.79 Å². The summed E-state index contributed by atoms with van der Waals surface area (Å²) in [6.45, 7) is 3.50. The summed E-state index contributed by atoms with van der Waals surface area (Å²) >= 11 is 0. The van der Waals surface area contributed by atoms with Gasteiger partial charge in [-0.05, 0) is 12.0 Å². The molecule has 0 fully saturated rings. The second-order valence-corrected chi connectivity index (χ2v) is 5.22. The Kier molecular flexibility index (Phi) is 5.89. The number of rotatable bonds is 7. The predicted octanol–water partition coefficient (Wildman–Crippen LogP) is 2.64. The average Bonchev–Trinajstić information content (AvgIpc) is 2.56. The lowest BCUT2D eigenvalue weighted by Crippen LogP contribution is -2.25. The van der Waals surface area contributed by atoms with Gasteiger partial charge in [0, 0.05) is 32.5 Å².